The molecule has 0 aromatic heterocycles. The molecule has 0 spiro atoms. The van der Waals surface area contributed by atoms with Gasteiger partial charge in [0.25, 0.3) is 0 Å². The van der Waals surface area contributed by atoms with Crippen molar-refractivity contribution < 1.29 is 9.59 Å². The van der Waals surface area contributed by atoms with Crippen molar-refractivity contribution in [2.24, 2.45) is 5.41 Å². The molecule has 3 rings (SSSR count). The minimum Gasteiger partial charge on any atom is -0.338 e. The second-order valence-corrected chi connectivity index (χ2v) is 6.37. The molecule has 2 amide bonds. The minimum atomic E-state index is -0.247. The van der Waals surface area contributed by atoms with Gasteiger partial charge in [0.05, 0.1) is 5.41 Å². The molecular weight excluding hydrogens is 242 g/mol. The van der Waals surface area contributed by atoms with Crippen LogP contribution in [-0.2, 0) is 9.59 Å². The Kier molecular flexibility index (Phi) is 3.25. The third kappa shape index (κ3) is 2.24. The van der Waals surface area contributed by atoms with Crippen molar-refractivity contribution in [3.05, 3.63) is 0 Å². The molecule has 5 nitrogen and oxygen atoms in total. The number of nitrogens with zero attached hydrogens (tertiary/aromatic N) is 2. The van der Waals surface area contributed by atoms with Gasteiger partial charge in [-0.15, -0.1) is 0 Å². The van der Waals surface area contributed by atoms with Crippen molar-refractivity contribution >= 4 is 11.8 Å². The van der Waals surface area contributed by atoms with Gasteiger partial charge in [0, 0.05) is 38.6 Å². The Hall–Kier alpha value is -1.10. The maximum absolute atomic E-state index is 12.7. The largest absolute Gasteiger partial charge is 0.338 e. The molecule has 0 aliphatic carbocycles. The van der Waals surface area contributed by atoms with Crippen LogP contribution in [-0.4, -0.2) is 60.4 Å². The quantitative estimate of drug-likeness (QED) is 0.737. The van der Waals surface area contributed by atoms with Crippen LogP contribution in [0.1, 0.15) is 32.6 Å². The second-order valence-electron chi connectivity index (χ2n) is 6.37. The van der Waals surface area contributed by atoms with Gasteiger partial charge < -0.3 is 15.1 Å². The lowest BCUT2D eigenvalue weighted by atomic mass is 9.81. The van der Waals surface area contributed by atoms with Gasteiger partial charge in [-0.05, 0) is 32.7 Å². The van der Waals surface area contributed by atoms with Gasteiger partial charge in [-0.2, -0.15) is 0 Å². The van der Waals surface area contributed by atoms with Crippen LogP contribution in [0.5, 0.6) is 0 Å². The van der Waals surface area contributed by atoms with E-state index in [2.05, 4.69) is 12.2 Å². The molecule has 3 aliphatic heterocycles. The van der Waals surface area contributed by atoms with Crippen molar-refractivity contribution in [3.63, 3.8) is 0 Å². The third-order valence-corrected chi connectivity index (χ3v) is 4.90. The molecule has 19 heavy (non-hydrogen) atoms. The molecule has 0 aromatic rings. The number of hydrogen-bond acceptors (Lipinski definition) is 3. The number of piperidine rings is 1. The standard InChI is InChI=1S/C14H23N3O2/c1-14(5-2-6-15-10-14)13(19)16-7-8-17-11(9-16)3-4-12(17)18/h11,15H,2-10H2,1H3. The zero-order valence-corrected chi connectivity index (χ0v) is 11.7. The second kappa shape index (κ2) is 4.78. The molecular formula is C14H23N3O2. The summed E-state index contributed by atoms with van der Waals surface area (Å²) in [5, 5.41) is 3.34. The smallest absolute Gasteiger partial charge is 0.229 e. The molecule has 0 bridgehead atoms. The SMILES string of the molecule is CC1(C(=O)N2CCN3C(=O)CCC3C2)CCCNC1. The number of fused-ring (bicyclic) bond motifs is 1. The Labute approximate surface area is 114 Å². The van der Waals surface area contributed by atoms with E-state index in [1.165, 1.54) is 0 Å². The summed E-state index contributed by atoms with van der Waals surface area (Å²) in [6, 6.07) is 0.269. The average molecular weight is 265 g/mol. The van der Waals surface area contributed by atoms with Gasteiger partial charge >= 0.3 is 0 Å². The van der Waals surface area contributed by atoms with Gasteiger partial charge in [-0.25, -0.2) is 0 Å². The van der Waals surface area contributed by atoms with E-state index in [0.29, 0.717) is 13.0 Å². The van der Waals surface area contributed by atoms with Gasteiger partial charge in [-0.1, -0.05) is 0 Å². The van der Waals surface area contributed by atoms with Gasteiger partial charge in [0.15, 0.2) is 0 Å². The first-order valence-corrected chi connectivity index (χ1v) is 7.40. The van der Waals surface area contributed by atoms with Crippen molar-refractivity contribution in [3.8, 4) is 0 Å². The lowest BCUT2D eigenvalue weighted by molar-refractivity contribution is -0.147. The van der Waals surface area contributed by atoms with E-state index in [-0.39, 0.29) is 23.3 Å². The zero-order chi connectivity index (χ0) is 13.5. The van der Waals surface area contributed by atoms with Gasteiger partial charge in [0.2, 0.25) is 11.8 Å². The summed E-state index contributed by atoms with van der Waals surface area (Å²) < 4.78 is 0. The summed E-state index contributed by atoms with van der Waals surface area (Å²) in [6.07, 6.45) is 3.62. The summed E-state index contributed by atoms with van der Waals surface area (Å²) >= 11 is 0. The fourth-order valence-corrected chi connectivity index (χ4v) is 3.67. The molecule has 0 saturated carbocycles. The van der Waals surface area contributed by atoms with Crippen molar-refractivity contribution in [1.82, 2.24) is 15.1 Å². The number of amides is 2. The van der Waals surface area contributed by atoms with E-state index in [0.717, 1.165) is 45.4 Å². The molecule has 0 aromatic carbocycles. The van der Waals surface area contributed by atoms with Crippen LogP contribution in [0.2, 0.25) is 0 Å². The van der Waals surface area contributed by atoms with Crippen LogP contribution in [0.4, 0.5) is 0 Å². The van der Waals surface area contributed by atoms with Crippen molar-refractivity contribution in [2.45, 2.75) is 38.6 Å². The Balaban J connectivity index is 1.66. The van der Waals surface area contributed by atoms with E-state index in [4.69, 9.17) is 0 Å². The first-order valence-electron chi connectivity index (χ1n) is 7.40. The van der Waals surface area contributed by atoms with Crippen LogP contribution in [0.3, 0.4) is 0 Å². The number of rotatable bonds is 1. The predicted molar refractivity (Wildman–Crippen MR) is 71.5 cm³/mol. The van der Waals surface area contributed by atoms with Crippen molar-refractivity contribution in [2.75, 3.05) is 32.7 Å². The average Bonchev–Trinajstić information content (AvgIpc) is 2.80. The predicted octanol–water partition coefficient (Wildman–Crippen LogP) is 0.209. The maximum Gasteiger partial charge on any atom is 0.229 e. The highest BCUT2D eigenvalue weighted by molar-refractivity contribution is 5.84. The molecule has 3 fully saturated rings. The Bertz CT molecular complexity index is 390. The molecule has 2 atom stereocenters. The molecule has 3 heterocycles. The lowest BCUT2D eigenvalue weighted by Gasteiger charge is -2.43. The highest BCUT2D eigenvalue weighted by Gasteiger charge is 2.42. The summed E-state index contributed by atoms with van der Waals surface area (Å²) in [6.45, 7) is 6.05. The van der Waals surface area contributed by atoms with Crippen LogP contribution >= 0.6 is 0 Å². The Morgan fingerprint density at radius 2 is 2.26 bits per heavy atom. The molecule has 106 valence electrons. The zero-order valence-electron chi connectivity index (χ0n) is 11.7. The molecule has 2 unspecified atom stereocenters. The Morgan fingerprint density at radius 1 is 1.42 bits per heavy atom. The highest BCUT2D eigenvalue weighted by Crippen LogP contribution is 2.30. The van der Waals surface area contributed by atoms with E-state index in [1.807, 2.05) is 9.80 Å². The Morgan fingerprint density at radius 3 is 3.00 bits per heavy atom. The van der Waals surface area contributed by atoms with Crippen LogP contribution < -0.4 is 5.32 Å². The minimum absolute atomic E-state index is 0.247. The van der Waals surface area contributed by atoms with E-state index in [9.17, 15) is 9.59 Å². The van der Waals surface area contributed by atoms with Crippen LogP contribution in [0, 0.1) is 5.41 Å². The summed E-state index contributed by atoms with van der Waals surface area (Å²) in [5.74, 6) is 0.543. The summed E-state index contributed by atoms with van der Waals surface area (Å²) in [4.78, 5) is 28.3. The number of piperazine rings is 1. The van der Waals surface area contributed by atoms with E-state index in [1.54, 1.807) is 0 Å². The number of nitrogens with one attached hydrogen (secondary N) is 1. The first kappa shape index (κ1) is 12.9. The van der Waals surface area contributed by atoms with Crippen molar-refractivity contribution in [1.29, 1.82) is 0 Å². The van der Waals surface area contributed by atoms with Gasteiger partial charge in [0.1, 0.15) is 0 Å². The third-order valence-electron chi connectivity index (χ3n) is 4.90. The number of carbonyl (C=O) groups excluding carboxylic acids is 2. The normalized spacial score (nSPS) is 35.4. The number of hydrogen-bond donors (Lipinski definition) is 1. The van der Waals surface area contributed by atoms with Gasteiger partial charge in [-0.3, -0.25) is 9.59 Å². The molecule has 3 aliphatic rings. The highest BCUT2D eigenvalue weighted by atomic mass is 16.2. The summed E-state index contributed by atoms with van der Waals surface area (Å²) in [7, 11) is 0. The fraction of sp³-hybridized carbons (Fsp3) is 0.857. The van der Waals surface area contributed by atoms with E-state index < -0.39 is 0 Å². The monoisotopic (exact) mass is 265 g/mol. The summed E-state index contributed by atoms with van der Waals surface area (Å²) in [5.41, 5.74) is -0.247. The lowest BCUT2D eigenvalue weighted by Crippen LogP contribution is -2.58. The molecule has 3 saturated heterocycles. The van der Waals surface area contributed by atoms with Crippen LogP contribution in [0.15, 0.2) is 0 Å². The molecule has 5 heteroatoms. The molecule has 1 N–H and O–H groups in total. The van der Waals surface area contributed by atoms with Crippen LogP contribution in [0.25, 0.3) is 0 Å². The van der Waals surface area contributed by atoms with E-state index >= 15 is 0 Å². The topological polar surface area (TPSA) is 52.7 Å². The maximum atomic E-state index is 12.7. The first-order chi connectivity index (χ1) is 9.10. The molecule has 0 radical (unpaired) electrons. The number of carbonyl (C=O) groups is 2. The fourth-order valence-electron chi connectivity index (χ4n) is 3.67.